The standard InChI is InChI=1S/C24H19N3O7S/c25-14-16-1-5-18(6-2-16)26-23(28)15-34-24(29)17-3-7-19(8-4-17)27-35(30,31)20-9-10-21-22(13-20)33-12-11-32-21/h1-10,13,27H,11-12,15H2,(H,26,28). The molecule has 0 saturated heterocycles. The molecule has 0 bridgehead atoms. The zero-order valence-corrected chi connectivity index (χ0v) is 19.0. The van der Waals surface area contributed by atoms with E-state index in [1.54, 1.807) is 24.3 Å². The summed E-state index contributed by atoms with van der Waals surface area (Å²) in [6, 6.07) is 18.1. The van der Waals surface area contributed by atoms with Crippen LogP contribution in [0.2, 0.25) is 0 Å². The molecule has 0 spiro atoms. The third-order valence-electron chi connectivity index (χ3n) is 4.83. The fourth-order valence-electron chi connectivity index (χ4n) is 3.12. The van der Waals surface area contributed by atoms with Crippen molar-refractivity contribution in [3.8, 4) is 17.6 Å². The van der Waals surface area contributed by atoms with Crippen LogP contribution in [0, 0.1) is 11.3 Å². The van der Waals surface area contributed by atoms with E-state index in [0.29, 0.717) is 36.0 Å². The number of amides is 1. The van der Waals surface area contributed by atoms with Crippen molar-refractivity contribution < 1.29 is 32.2 Å². The molecule has 0 atom stereocenters. The van der Waals surface area contributed by atoms with Gasteiger partial charge in [0.1, 0.15) is 13.2 Å². The Balaban J connectivity index is 1.32. The maximum Gasteiger partial charge on any atom is 0.338 e. The van der Waals surface area contributed by atoms with Gasteiger partial charge >= 0.3 is 5.97 Å². The molecule has 1 heterocycles. The van der Waals surface area contributed by atoms with Crippen molar-refractivity contribution in [2.24, 2.45) is 0 Å². The summed E-state index contributed by atoms with van der Waals surface area (Å²) in [7, 11) is -3.91. The van der Waals surface area contributed by atoms with Crippen LogP contribution in [-0.4, -0.2) is 40.1 Å². The van der Waals surface area contributed by atoms with Crippen molar-refractivity contribution in [1.82, 2.24) is 0 Å². The van der Waals surface area contributed by atoms with Crippen LogP contribution in [0.3, 0.4) is 0 Å². The van der Waals surface area contributed by atoms with Gasteiger partial charge in [0.05, 0.1) is 22.1 Å². The van der Waals surface area contributed by atoms with Crippen LogP contribution in [0.1, 0.15) is 15.9 Å². The Morgan fingerprint density at radius 3 is 2.26 bits per heavy atom. The summed E-state index contributed by atoms with van der Waals surface area (Å²) in [6.07, 6.45) is 0. The van der Waals surface area contributed by atoms with Crippen molar-refractivity contribution in [1.29, 1.82) is 5.26 Å². The molecular formula is C24H19N3O7S. The molecule has 3 aromatic carbocycles. The highest BCUT2D eigenvalue weighted by molar-refractivity contribution is 7.92. The Labute approximate surface area is 201 Å². The molecule has 35 heavy (non-hydrogen) atoms. The summed E-state index contributed by atoms with van der Waals surface area (Å²) >= 11 is 0. The number of rotatable bonds is 7. The molecule has 11 heteroatoms. The maximum atomic E-state index is 12.7. The van der Waals surface area contributed by atoms with E-state index in [1.165, 1.54) is 42.5 Å². The van der Waals surface area contributed by atoms with Gasteiger partial charge in [-0.25, -0.2) is 13.2 Å². The van der Waals surface area contributed by atoms with Crippen molar-refractivity contribution >= 4 is 33.3 Å². The molecule has 178 valence electrons. The van der Waals surface area contributed by atoms with Gasteiger partial charge in [-0.05, 0) is 60.7 Å². The second-order valence-corrected chi connectivity index (χ2v) is 8.98. The van der Waals surface area contributed by atoms with Gasteiger partial charge in [0, 0.05) is 17.4 Å². The molecule has 0 radical (unpaired) electrons. The molecular weight excluding hydrogens is 474 g/mol. The van der Waals surface area contributed by atoms with E-state index in [2.05, 4.69) is 10.0 Å². The summed E-state index contributed by atoms with van der Waals surface area (Å²) in [5.41, 5.74) is 1.28. The Bertz CT molecular complexity index is 1400. The van der Waals surface area contributed by atoms with Crippen molar-refractivity contribution in [2.75, 3.05) is 29.9 Å². The van der Waals surface area contributed by atoms with Crippen molar-refractivity contribution in [3.05, 3.63) is 77.9 Å². The molecule has 0 aromatic heterocycles. The lowest BCUT2D eigenvalue weighted by molar-refractivity contribution is -0.119. The van der Waals surface area contributed by atoms with Gasteiger partial charge in [-0.3, -0.25) is 9.52 Å². The van der Waals surface area contributed by atoms with Crippen molar-refractivity contribution in [3.63, 3.8) is 0 Å². The maximum absolute atomic E-state index is 12.7. The van der Waals surface area contributed by atoms with Gasteiger partial charge in [-0.15, -0.1) is 0 Å². The molecule has 0 aliphatic carbocycles. The highest BCUT2D eigenvalue weighted by atomic mass is 32.2. The van der Waals surface area contributed by atoms with Gasteiger partial charge in [-0.1, -0.05) is 0 Å². The highest BCUT2D eigenvalue weighted by Gasteiger charge is 2.20. The highest BCUT2D eigenvalue weighted by Crippen LogP contribution is 2.32. The first kappa shape index (κ1) is 23.6. The zero-order chi connectivity index (χ0) is 24.8. The second-order valence-electron chi connectivity index (χ2n) is 7.30. The lowest BCUT2D eigenvalue weighted by atomic mass is 10.2. The van der Waals surface area contributed by atoms with E-state index in [0.717, 1.165) is 0 Å². The molecule has 1 aliphatic heterocycles. The molecule has 10 nitrogen and oxygen atoms in total. The molecule has 4 rings (SSSR count). The van der Waals surface area contributed by atoms with Crippen LogP contribution in [0.5, 0.6) is 11.5 Å². The largest absolute Gasteiger partial charge is 0.486 e. The van der Waals surface area contributed by atoms with Gasteiger partial charge in [-0.2, -0.15) is 5.26 Å². The van der Waals surface area contributed by atoms with Crippen LogP contribution in [0.15, 0.2) is 71.6 Å². The number of esters is 1. The number of ether oxygens (including phenoxy) is 3. The number of nitrogens with zero attached hydrogens (tertiary/aromatic N) is 1. The topological polar surface area (TPSA) is 144 Å². The molecule has 1 amide bonds. The number of nitriles is 1. The quantitative estimate of drug-likeness (QED) is 0.478. The Hall–Kier alpha value is -4.56. The fraction of sp³-hybridized carbons (Fsp3) is 0.125. The minimum Gasteiger partial charge on any atom is -0.486 e. The number of benzene rings is 3. The van der Waals surface area contributed by atoms with Gasteiger partial charge in [0.15, 0.2) is 18.1 Å². The minimum atomic E-state index is -3.91. The number of carbonyl (C=O) groups is 2. The van der Waals surface area contributed by atoms with E-state index < -0.39 is 28.5 Å². The third-order valence-corrected chi connectivity index (χ3v) is 6.21. The van der Waals surface area contributed by atoms with Crippen LogP contribution in [-0.2, 0) is 19.6 Å². The van der Waals surface area contributed by atoms with E-state index in [1.807, 2.05) is 6.07 Å². The Morgan fingerprint density at radius 1 is 0.914 bits per heavy atom. The first-order chi connectivity index (χ1) is 16.8. The predicted octanol–water partition coefficient (Wildman–Crippen LogP) is 2.93. The molecule has 0 unspecified atom stereocenters. The molecule has 0 fully saturated rings. The SMILES string of the molecule is N#Cc1ccc(NC(=O)COC(=O)c2ccc(NS(=O)(=O)c3ccc4c(c3)OCCO4)cc2)cc1. The molecule has 1 aliphatic rings. The number of anilines is 2. The average molecular weight is 493 g/mol. The molecule has 2 N–H and O–H groups in total. The van der Waals surface area contributed by atoms with E-state index >= 15 is 0 Å². The first-order valence-electron chi connectivity index (χ1n) is 10.3. The normalized spacial score (nSPS) is 12.2. The third kappa shape index (κ3) is 5.87. The Kier molecular flexibility index (Phi) is 6.84. The van der Waals surface area contributed by atoms with E-state index in [4.69, 9.17) is 19.5 Å². The van der Waals surface area contributed by atoms with Gasteiger partial charge in [0.25, 0.3) is 15.9 Å². The molecule has 0 saturated carbocycles. The van der Waals surface area contributed by atoms with Gasteiger partial charge < -0.3 is 19.5 Å². The lowest BCUT2D eigenvalue weighted by Crippen LogP contribution is -2.21. The van der Waals surface area contributed by atoms with E-state index in [-0.39, 0.29) is 16.1 Å². The number of sulfonamides is 1. The first-order valence-corrected chi connectivity index (χ1v) is 11.8. The summed E-state index contributed by atoms with van der Waals surface area (Å²) in [6.45, 7) is 0.212. The van der Waals surface area contributed by atoms with Crippen LogP contribution in [0.4, 0.5) is 11.4 Å². The number of hydrogen-bond acceptors (Lipinski definition) is 8. The summed E-state index contributed by atoms with van der Waals surface area (Å²) < 4.78 is 43.7. The number of hydrogen-bond donors (Lipinski definition) is 2. The number of carbonyl (C=O) groups excluding carboxylic acids is 2. The minimum absolute atomic E-state index is 0.00138. The lowest BCUT2D eigenvalue weighted by Gasteiger charge is -2.19. The number of nitrogens with one attached hydrogen (secondary N) is 2. The number of fused-ring (bicyclic) bond motifs is 1. The smallest absolute Gasteiger partial charge is 0.338 e. The summed E-state index contributed by atoms with van der Waals surface area (Å²) in [5.74, 6) is -0.475. The van der Waals surface area contributed by atoms with Crippen molar-refractivity contribution in [2.45, 2.75) is 4.90 Å². The summed E-state index contributed by atoms with van der Waals surface area (Å²) in [5, 5.41) is 11.3. The van der Waals surface area contributed by atoms with Crippen LogP contribution < -0.4 is 19.5 Å². The Morgan fingerprint density at radius 2 is 1.57 bits per heavy atom. The van der Waals surface area contributed by atoms with Crippen LogP contribution >= 0.6 is 0 Å². The monoisotopic (exact) mass is 493 g/mol. The summed E-state index contributed by atoms with van der Waals surface area (Å²) in [4.78, 5) is 24.2. The zero-order valence-electron chi connectivity index (χ0n) is 18.2. The molecule has 3 aromatic rings. The fourth-order valence-corrected chi connectivity index (χ4v) is 4.19. The second kappa shape index (κ2) is 10.1. The predicted molar refractivity (Wildman–Crippen MR) is 125 cm³/mol. The van der Waals surface area contributed by atoms with E-state index in [9.17, 15) is 18.0 Å². The average Bonchev–Trinajstić information content (AvgIpc) is 2.87. The van der Waals surface area contributed by atoms with Crippen LogP contribution in [0.25, 0.3) is 0 Å². The van der Waals surface area contributed by atoms with Gasteiger partial charge in [0.2, 0.25) is 0 Å².